The number of carbonyl (C=O) groups excluding carboxylic acids is 1. The zero-order valence-corrected chi connectivity index (χ0v) is 9.57. The van der Waals surface area contributed by atoms with E-state index in [1.807, 2.05) is 6.92 Å². The summed E-state index contributed by atoms with van der Waals surface area (Å²) in [7, 11) is 1.58. The Kier molecular flexibility index (Phi) is 9.46. The van der Waals surface area contributed by atoms with Gasteiger partial charge in [0, 0.05) is 26.8 Å². The molecule has 0 saturated heterocycles. The molecule has 0 aliphatic carbocycles. The maximum absolute atomic E-state index is 11.5. The van der Waals surface area contributed by atoms with Crippen LogP contribution in [-0.4, -0.2) is 62.5 Å². The van der Waals surface area contributed by atoms with E-state index < -0.39 is 0 Å². The molecular formula is C10H21NO4. The quantitative estimate of drug-likeness (QED) is 0.549. The Hall–Kier alpha value is -0.650. The summed E-state index contributed by atoms with van der Waals surface area (Å²) in [6.45, 7) is 3.91. The largest absolute Gasteiger partial charge is 0.395 e. The van der Waals surface area contributed by atoms with E-state index in [0.29, 0.717) is 26.3 Å². The number of aliphatic hydroxyl groups is 1. The van der Waals surface area contributed by atoms with E-state index >= 15 is 0 Å². The predicted octanol–water partition coefficient (Wildman–Crippen LogP) is -0.120. The third kappa shape index (κ3) is 7.30. The van der Waals surface area contributed by atoms with Crippen LogP contribution in [0.5, 0.6) is 0 Å². The number of methoxy groups -OCH3 is 1. The van der Waals surface area contributed by atoms with Crippen molar-refractivity contribution in [2.75, 3.05) is 46.6 Å². The lowest BCUT2D eigenvalue weighted by atomic mass is 10.4. The van der Waals surface area contributed by atoms with Crippen molar-refractivity contribution in [3.05, 3.63) is 0 Å². The van der Waals surface area contributed by atoms with Gasteiger partial charge in [0.1, 0.15) is 6.61 Å². The fraction of sp³-hybridized carbons (Fsp3) is 0.900. The molecule has 5 heteroatoms. The number of nitrogens with zero attached hydrogens (tertiary/aromatic N) is 1. The summed E-state index contributed by atoms with van der Waals surface area (Å²) in [5.41, 5.74) is 0. The SMILES string of the molecule is CCCOCC(=O)N(CCO)CCOC. The molecule has 0 aromatic heterocycles. The Bertz CT molecular complexity index is 164. The molecule has 0 radical (unpaired) electrons. The van der Waals surface area contributed by atoms with Crippen molar-refractivity contribution in [1.29, 1.82) is 0 Å². The zero-order chi connectivity index (χ0) is 11.5. The minimum absolute atomic E-state index is 0.0385. The van der Waals surface area contributed by atoms with Crippen LogP contribution in [-0.2, 0) is 14.3 Å². The van der Waals surface area contributed by atoms with E-state index in [4.69, 9.17) is 14.6 Å². The summed E-state index contributed by atoms with van der Waals surface area (Å²) in [6, 6.07) is 0. The first-order chi connectivity index (χ1) is 7.26. The lowest BCUT2D eigenvalue weighted by molar-refractivity contribution is -0.137. The minimum atomic E-state index is -0.102. The lowest BCUT2D eigenvalue weighted by Gasteiger charge is -2.21. The van der Waals surface area contributed by atoms with E-state index in [1.54, 1.807) is 12.0 Å². The van der Waals surface area contributed by atoms with Gasteiger partial charge in [-0.25, -0.2) is 0 Å². The Morgan fingerprint density at radius 3 is 2.60 bits per heavy atom. The monoisotopic (exact) mass is 219 g/mol. The van der Waals surface area contributed by atoms with E-state index in [2.05, 4.69) is 0 Å². The first-order valence-electron chi connectivity index (χ1n) is 5.21. The second-order valence-corrected chi connectivity index (χ2v) is 3.15. The minimum Gasteiger partial charge on any atom is -0.395 e. The van der Waals surface area contributed by atoms with E-state index in [1.165, 1.54) is 0 Å². The molecule has 15 heavy (non-hydrogen) atoms. The first kappa shape index (κ1) is 14.3. The molecular weight excluding hydrogens is 198 g/mol. The van der Waals surface area contributed by atoms with Crippen LogP contribution in [0.4, 0.5) is 0 Å². The second-order valence-electron chi connectivity index (χ2n) is 3.15. The van der Waals surface area contributed by atoms with Gasteiger partial charge in [-0.15, -0.1) is 0 Å². The highest BCUT2D eigenvalue weighted by atomic mass is 16.5. The molecule has 0 unspecified atom stereocenters. The molecule has 0 saturated carbocycles. The summed E-state index contributed by atoms with van der Waals surface area (Å²) in [4.78, 5) is 13.1. The molecule has 0 fully saturated rings. The molecule has 0 rings (SSSR count). The predicted molar refractivity (Wildman–Crippen MR) is 56.7 cm³/mol. The van der Waals surface area contributed by atoms with Crippen molar-refractivity contribution in [1.82, 2.24) is 4.90 Å². The Morgan fingerprint density at radius 2 is 2.07 bits per heavy atom. The highest BCUT2D eigenvalue weighted by Gasteiger charge is 2.12. The zero-order valence-electron chi connectivity index (χ0n) is 9.57. The molecule has 0 bridgehead atoms. The van der Waals surface area contributed by atoms with Gasteiger partial charge in [0.05, 0.1) is 13.2 Å². The smallest absolute Gasteiger partial charge is 0.248 e. The molecule has 0 heterocycles. The van der Waals surface area contributed by atoms with Crippen molar-refractivity contribution < 1.29 is 19.4 Å². The molecule has 5 nitrogen and oxygen atoms in total. The van der Waals surface area contributed by atoms with Crippen LogP contribution in [0.3, 0.4) is 0 Å². The van der Waals surface area contributed by atoms with Crippen LogP contribution in [0.25, 0.3) is 0 Å². The highest BCUT2D eigenvalue weighted by Crippen LogP contribution is 1.92. The molecule has 1 N–H and O–H groups in total. The number of hydrogen-bond acceptors (Lipinski definition) is 4. The standard InChI is InChI=1S/C10H21NO4/c1-3-7-15-9-10(13)11(4-6-12)5-8-14-2/h12H,3-9H2,1-2H3. The molecule has 0 spiro atoms. The fourth-order valence-electron chi connectivity index (χ4n) is 1.08. The Morgan fingerprint density at radius 1 is 1.33 bits per heavy atom. The normalized spacial score (nSPS) is 10.3. The van der Waals surface area contributed by atoms with E-state index in [-0.39, 0.29) is 19.1 Å². The third-order valence-electron chi connectivity index (χ3n) is 1.86. The lowest BCUT2D eigenvalue weighted by Crippen LogP contribution is -2.38. The number of aliphatic hydroxyl groups excluding tert-OH is 1. The summed E-state index contributed by atoms with van der Waals surface area (Å²) in [5.74, 6) is -0.102. The fourth-order valence-corrected chi connectivity index (χ4v) is 1.08. The molecule has 90 valence electrons. The maximum atomic E-state index is 11.5. The summed E-state index contributed by atoms with van der Waals surface area (Å²) < 4.78 is 10.0. The summed E-state index contributed by atoms with van der Waals surface area (Å²) in [6.07, 6.45) is 0.894. The van der Waals surface area contributed by atoms with Gasteiger partial charge in [-0.2, -0.15) is 0 Å². The molecule has 0 atom stereocenters. The molecule has 0 aliphatic heterocycles. The number of carbonyl (C=O) groups is 1. The van der Waals surface area contributed by atoms with Crippen LogP contribution < -0.4 is 0 Å². The molecule has 1 amide bonds. The number of ether oxygens (including phenoxy) is 2. The van der Waals surface area contributed by atoms with Crippen LogP contribution >= 0.6 is 0 Å². The molecule has 0 aliphatic rings. The van der Waals surface area contributed by atoms with Gasteiger partial charge in [-0.05, 0) is 6.42 Å². The van der Waals surface area contributed by atoms with Gasteiger partial charge in [0.25, 0.3) is 0 Å². The first-order valence-corrected chi connectivity index (χ1v) is 5.21. The van der Waals surface area contributed by atoms with Crippen molar-refractivity contribution >= 4 is 5.91 Å². The van der Waals surface area contributed by atoms with Gasteiger partial charge in [0.15, 0.2) is 0 Å². The van der Waals surface area contributed by atoms with Crippen molar-refractivity contribution in [3.63, 3.8) is 0 Å². The topological polar surface area (TPSA) is 59.0 Å². The molecule has 0 aromatic carbocycles. The number of hydrogen-bond donors (Lipinski definition) is 1. The average Bonchev–Trinajstić information content (AvgIpc) is 2.24. The van der Waals surface area contributed by atoms with Crippen molar-refractivity contribution in [2.24, 2.45) is 0 Å². The van der Waals surface area contributed by atoms with Crippen molar-refractivity contribution in [2.45, 2.75) is 13.3 Å². The number of rotatable bonds is 9. The van der Waals surface area contributed by atoms with E-state index in [9.17, 15) is 4.79 Å². The maximum Gasteiger partial charge on any atom is 0.248 e. The van der Waals surface area contributed by atoms with Crippen LogP contribution in [0.1, 0.15) is 13.3 Å². The molecule has 0 aromatic rings. The average molecular weight is 219 g/mol. The van der Waals surface area contributed by atoms with Gasteiger partial charge < -0.3 is 19.5 Å². The van der Waals surface area contributed by atoms with Crippen LogP contribution in [0, 0.1) is 0 Å². The van der Waals surface area contributed by atoms with E-state index in [0.717, 1.165) is 6.42 Å². The van der Waals surface area contributed by atoms with Crippen molar-refractivity contribution in [3.8, 4) is 0 Å². The third-order valence-corrected chi connectivity index (χ3v) is 1.86. The van der Waals surface area contributed by atoms with Gasteiger partial charge in [0.2, 0.25) is 5.91 Å². The van der Waals surface area contributed by atoms with Gasteiger partial charge >= 0.3 is 0 Å². The van der Waals surface area contributed by atoms with Gasteiger partial charge in [-0.3, -0.25) is 4.79 Å². The number of amides is 1. The Balaban J connectivity index is 3.81. The Labute approximate surface area is 91.0 Å². The van der Waals surface area contributed by atoms with Gasteiger partial charge in [-0.1, -0.05) is 6.92 Å². The summed E-state index contributed by atoms with van der Waals surface area (Å²) >= 11 is 0. The highest BCUT2D eigenvalue weighted by molar-refractivity contribution is 5.77. The summed E-state index contributed by atoms with van der Waals surface area (Å²) in [5, 5.41) is 8.78. The van der Waals surface area contributed by atoms with Crippen LogP contribution in [0.15, 0.2) is 0 Å². The van der Waals surface area contributed by atoms with Crippen LogP contribution in [0.2, 0.25) is 0 Å². The second kappa shape index (κ2) is 9.89.